The standard InChI is InChI=1S/C17H20F2N8/c1-10-21-22-17-16(20-3-4-26(10)17)27-9-12-5-13(27)8-25(12)7-11-6-24(2)23-14(11)15(18)19/h3-4,6,12-13,15H,5,7-9H2,1-2H3. The van der Waals surface area contributed by atoms with Gasteiger partial charge in [-0.3, -0.25) is 14.0 Å². The summed E-state index contributed by atoms with van der Waals surface area (Å²) in [7, 11) is 1.68. The van der Waals surface area contributed by atoms with Crippen LogP contribution in [0.15, 0.2) is 18.6 Å². The second-order valence-electron chi connectivity index (χ2n) is 7.33. The van der Waals surface area contributed by atoms with Gasteiger partial charge in [0, 0.05) is 62.9 Å². The maximum absolute atomic E-state index is 13.2. The molecule has 5 rings (SSSR count). The first-order valence-corrected chi connectivity index (χ1v) is 8.99. The number of nitrogens with zero attached hydrogens (tertiary/aromatic N) is 8. The SMILES string of the molecule is Cc1nnc2c(N3CC4CC3CN4Cc3cn(C)nc3C(F)F)nccn12. The number of aryl methyl sites for hydroxylation is 2. The quantitative estimate of drug-likeness (QED) is 0.691. The summed E-state index contributed by atoms with van der Waals surface area (Å²) in [6, 6.07) is 0.615. The number of alkyl halides is 2. The number of likely N-dealkylation sites (tertiary alicyclic amines) is 1. The van der Waals surface area contributed by atoms with Gasteiger partial charge in [0.1, 0.15) is 11.5 Å². The van der Waals surface area contributed by atoms with Crippen molar-refractivity contribution in [3.05, 3.63) is 35.7 Å². The minimum absolute atomic E-state index is 0.109. The molecule has 3 aromatic rings. The van der Waals surface area contributed by atoms with E-state index in [1.165, 1.54) is 4.68 Å². The molecule has 2 bridgehead atoms. The zero-order valence-corrected chi connectivity index (χ0v) is 15.1. The number of fused-ring (bicyclic) bond motifs is 3. The van der Waals surface area contributed by atoms with E-state index >= 15 is 0 Å². The van der Waals surface area contributed by atoms with Gasteiger partial charge in [-0.15, -0.1) is 10.2 Å². The van der Waals surface area contributed by atoms with Gasteiger partial charge in [0.2, 0.25) is 5.65 Å². The highest BCUT2D eigenvalue weighted by atomic mass is 19.3. The van der Waals surface area contributed by atoms with E-state index in [0.717, 1.165) is 36.8 Å². The summed E-state index contributed by atoms with van der Waals surface area (Å²) in [6.07, 6.45) is 3.79. The van der Waals surface area contributed by atoms with Gasteiger partial charge in [0.25, 0.3) is 6.43 Å². The lowest BCUT2D eigenvalue weighted by molar-refractivity contribution is 0.141. The summed E-state index contributed by atoms with van der Waals surface area (Å²) in [5.74, 6) is 1.68. The maximum atomic E-state index is 13.2. The Morgan fingerprint density at radius 3 is 2.81 bits per heavy atom. The van der Waals surface area contributed by atoms with E-state index in [4.69, 9.17) is 0 Å². The Morgan fingerprint density at radius 1 is 1.22 bits per heavy atom. The molecule has 0 amide bonds. The Kier molecular flexibility index (Phi) is 3.64. The van der Waals surface area contributed by atoms with Crippen molar-refractivity contribution in [3.8, 4) is 0 Å². The molecule has 2 saturated heterocycles. The summed E-state index contributed by atoms with van der Waals surface area (Å²) in [5, 5.41) is 12.3. The molecule has 2 aliphatic heterocycles. The van der Waals surface area contributed by atoms with Gasteiger partial charge in [0.15, 0.2) is 5.82 Å². The molecule has 2 fully saturated rings. The Morgan fingerprint density at radius 2 is 2.07 bits per heavy atom. The van der Waals surface area contributed by atoms with E-state index in [2.05, 4.69) is 30.1 Å². The highest BCUT2D eigenvalue weighted by molar-refractivity contribution is 5.65. The summed E-state index contributed by atoms with van der Waals surface area (Å²) in [6.45, 7) is 4.05. The van der Waals surface area contributed by atoms with E-state index in [-0.39, 0.29) is 5.69 Å². The fraction of sp³-hybridized carbons (Fsp3) is 0.529. The summed E-state index contributed by atoms with van der Waals surface area (Å²) in [5.41, 5.74) is 1.27. The van der Waals surface area contributed by atoms with E-state index in [1.807, 2.05) is 17.5 Å². The predicted molar refractivity (Wildman–Crippen MR) is 93.6 cm³/mol. The number of piperazine rings is 1. The Hall–Kier alpha value is -2.62. The number of hydrogen-bond donors (Lipinski definition) is 0. The van der Waals surface area contributed by atoms with Crippen LogP contribution < -0.4 is 4.90 Å². The van der Waals surface area contributed by atoms with E-state index in [0.29, 0.717) is 24.2 Å². The van der Waals surface area contributed by atoms with Crippen molar-refractivity contribution in [2.45, 2.75) is 38.4 Å². The van der Waals surface area contributed by atoms with Crippen LogP contribution in [0.4, 0.5) is 14.6 Å². The second-order valence-corrected chi connectivity index (χ2v) is 7.33. The molecule has 27 heavy (non-hydrogen) atoms. The predicted octanol–water partition coefficient (Wildman–Crippen LogP) is 1.57. The number of halogens is 2. The minimum Gasteiger partial charge on any atom is -0.348 e. The molecule has 2 atom stereocenters. The lowest BCUT2D eigenvalue weighted by atomic mass is 10.2. The molecule has 2 aliphatic rings. The third kappa shape index (κ3) is 2.58. The molecule has 142 valence electrons. The van der Waals surface area contributed by atoms with Gasteiger partial charge < -0.3 is 4.90 Å². The molecule has 0 N–H and O–H groups in total. The second kappa shape index (κ2) is 5.95. The maximum Gasteiger partial charge on any atom is 0.282 e. The van der Waals surface area contributed by atoms with Crippen molar-refractivity contribution in [2.24, 2.45) is 7.05 Å². The summed E-state index contributed by atoms with van der Waals surface area (Å²) >= 11 is 0. The van der Waals surface area contributed by atoms with Crippen molar-refractivity contribution in [2.75, 3.05) is 18.0 Å². The van der Waals surface area contributed by atoms with E-state index < -0.39 is 6.43 Å². The third-order valence-corrected chi connectivity index (χ3v) is 5.62. The molecule has 10 heteroatoms. The number of aromatic nitrogens is 6. The van der Waals surface area contributed by atoms with Crippen LogP contribution in [0.2, 0.25) is 0 Å². The fourth-order valence-corrected chi connectivity index (χ4v) is 4.41. The molecule has 0 aliphatic carbocycles. The van der Waals surface area contributed by atoms with Crippen molar-refractivity contribution in [3.63, 3.8) is 0 Å². The number of rotatable bonds is 4. The number of hydrogen-bond acceptors (Lipinski definition) is 6. The molecule has 0 radical (unpaired) electrons. The van der Waals surface area contributed by atoms with Gasteiger partial charge >= 0.3 is 0 Å². The van der Waals surface area contributed by atoms with Gasteiger partial charge in [0.05, 0.1) is 0 Å². The fourth-order valence-electron chi connectivity index (χ4n) is 4.41. The monoisotopic (exact) mass is 374 g/mol. The average molecular weight is 374 g/mol. The minimum atomic E-state index is -2.55. The molecule has 0 saturated carbocycles. The topological polar surface area (TPSA) is 67.4 Å². The number of anilines is 1. The Balaban J connectivity index is 1.36. The lowest BCUT2D eigenvalue weighted by Crippen LogP contribution is -2.46. The highest BCUT2D eigenvalue weighted by Crippen LogP contribution is 2.36. The van der Waals surface area contributed by atoms with Crippen LogP contribution >= 0.6 is 0 Å². The molecular formula is C17H20F2N8. The lowest BCUT2D eigenvalue weighted by Gasteiger charge is -2.34. The van der Waals surface area contributed by atoms with Crippen LogP contribution in [0.1, 0.15) is 29.9 Å². The third-order valence-electron chi connectivity index (χ3n) is 5.62. The van der Waals surface area contributed by atoms with Crippen LogP contribution in [0.5, 0.6) is 0 Å². The molecular weight excluding hydrogens is 354 g/mol. The molecule has 0 aromatic carbocycles. The van der Waals surface area contributed by atoms with Crippen molar-refractivity contribution < 1.29 is 8.78 Å². The van der Waals surface area contributed by atoms with Crippen molar-refractivity contribution in [1.29, 1.82) is 0 Å². The Labute approximate surface area is 154 Å². The first kappa shape index (κ1) is 16.5. The summed E-state index contributed by atoms with van der Waals surface area (Å²) < 4.78 is 29.8. The molecule has 8 nitrogen and oxygen atoms in total. The van der Waals surface area contributed by atoms with Crippen LogP contribution in [0.25, 0.3) is 5.65 Å². The van der Waals surface area contributed by atoms with Gasteiger partial charge in [-0.2, -0.15) is 5.10 Å². The molecule has 2 unspecified atom stereocenters. The normalized spacial score (nSPS) is 22.6. The van der Waals surface area contributed by atoms with Crippen LogP contribution in [-0.4, -0.2) is 59.4 Å². The van der Waals surface area contributed by atoms with E-state index in [9.17, 15) is 8.78 Å². The van der Waals surface area contributed by atoms with E-state index in [1.54, 1.807) is 19.4 Å². The average Bonchev–Trinajstić information content (AvgIpc) is 3.39. The zero-order chi connectivity index (χ0) is 18.7. The van der Waals surface area contributed by atoms with Crippen molar-refractivity contribution >= 4 is 11.5 Å². The molecule has 3 aromatic heterocycles. The first-order chi connectivity index (χ1) is 13.0. The largest absolute Gasteiger partial charge is 0.348 e. The van der Waals surface area contributed by atoms with Gasteiger partial charge in [-0.05, 0) is 13.3 Å². The zero-order valence-electron chi connectivity index (χ0n) is 15.1. The Bertz CT molecular complexity index is 996. The van der Waals surface area contributed by atoms with Crippen molar-refractivity contribution in [1.82, 2.24) is 34.3 Å². The van der Waals surface area contributed by atoms with Crippen LogP contribution in [0.3, 0.4) is 0 Å². The first-order valence-electron chi connectivity index (χ1n) is 8.99. The highest BCUT2D eigenvalue weighted by Gasteiger charge is 2.44. The van der Waals surface area contributed by atoms with Crippen LogP contribution in [0, 0.1) is 6.92 Å². The van der Waals surface area contributed by atoms with Gasteiger partial charge in [-0.1, -0.05) is 0 Å². The molecule has 5 heterocycles. The van der Waals surface area contributed by atoms with Gasteiger partial charge in [-0.25, -0.2) is 13.8 Å². The smallest absolute Gasteiger partial charge is 0.282 e. The van der Waals surface area contributed by atoms with Crippen LogP contribution in [-0.2, 0) is 13.6 Å². The summed E-state index contributed by atoms with van der Waals surface area (Å²) in [4.78, 5) is 9.10. The molecule has 0 spiro atoms.